The smallest absolute Gasteiger partial charge is 0.261 e. The number of fused-ring (bicyclic) bond motifs is 1. The zero-order valence-corrected chi connectivity index (χ0v) is 16.5. The van der Waals surface area contributed by atoms with Crippen LogP contribution in [0.1, 0.15) is 43.0 Å². The fraction of sp³-hybridized carbons (Fsp3) is 0.292. The molecule has 0 aliphatic carbocycles. The molecule has 3 rings (SSSR count). The van der Waals surface area contributed by atoms with E-state index < -0.39 is 6.10 Å². The Morgan fingerprint density at radius 2 is 1.78 bits per heavy atom. The van der Waals surface area contributed by atoms with Crippen molar-refractivity contribution in [2.45, 2.75) is 46.3 Å². The van der Waals surface area contributed by atoms with Crippen LogP contribution in [-0.2, 0) is 4.79 Å². The molecule has 0 aromatic heterocycles. The van der Waals surface area contributed by atoms with Crippen LogP contribution in [0.4, 0.5) is 0 Å². The van der Waals surface area contributed by atoms with Gasteiger partial charge < -0.3 is 10.1 Å². The van der Waals surface area contributed by atoms with E-state index in [-0.39, 0.29) is 11.9 Å². The molecule has 1 amide bonds. The molecule has 1 N–H and O–H groups in total. The number of ether oxygens (including phenoxy) is 1. The molecule has 0 saturated carbocycles. The van der Waals surface area contributed by atoms with Crippen LogP contribution in [0.3, 0.4) is 0 Å². The summed E-state index contributed by atoms with van der Waals surface area (Å²) in [4.78, 5) is 12.8. The third-order valence-corrected chi connectivity index (χ3v) is 4.93. The minimum atomic E-state index is -0.524. The fourth-order valence-corrected chi connectivity index (χ4v) is 3.47. The standard InChI is InChI=1S/C24H27NO2/c1-5-22(27-23-12-8-10-19-9-6-7-11-21(19)23)24(26)25-18(4)20-14-13-16(2)15-17(20)3/h6-15,18,22H,5H2,1-4H3,(H,25,26)/t18-,22-/m0/s1. The van der Waals surface area contributed by atoms with Crippen molar-refractivity contribution in [2.24, 2.45) is 0 Å². The molecule has 0 fully saturated rings. The summed E-state index contributed by atoms with van der Waals surface area (Å²) in [7, 11) is 0. The van der Waals surface area contributed by atoms with E-state index >= 15 is 0 Å². The van der Waals surface area contributed by atoms with Crippen molar-refractivity contribution in [3.05, 3.63) is 77.4 Å². The summed E-state index contributed by atoms with van der Waals surface area (Å²) in [6.45, 7) is 8.14. The predicted octanol–water partition coefficient (Wildman–Crippen LogP) is 5.49. The predicted molar refractivity (Wildman–Crippen MR) is 111 cm³/mol. The highest BCUT2D eigenvalue weighted by atomic mass is 16.5. The number of hydrogen-bond acceptors (Lipinski definition) is 2. The number of carbonyl (C=O) groups excluding carboxylic acids is 1. The van der Waals surface area contributed by atoms with Gasteiger partial charge in [-0.3, -0.25) is 4.79 Å². The maximum Gasteiger partial charge on any atom is 0.261 e. The largest absolute Gasteiger partial charge is 0.480 e. The van der Waals surface area contributed by atoms with E-state index in [2.05, 4.69) is 37.4 Å². The molecule has 2 atom stereocenters. The van der Waals surface area contributed by atoms with Gasteiger partial charge in [0.2, 0.25) is 0 Å². The maximum atomic E-state index is 12.8. The quantitative estimate of drug-likeness (QED) is 0.630. The molecule has 140 valence electrons. The molecule has 3 aromatic rings. The molecule has 3 aromatic carbocycles. The highest BCUT2D eigenvalue weighted by Crippen LogP contribution is 2.27. The first-order valence-electron chi connectivity index (χ1n) is 9.51. The second-order valence-electron chi connectivity index (χ2n) is 7.08. The molecule has 0 heterocycles. The Morgan fingerprint density at radius 3 is 2.52 bits per heavy atom. The van der Waals surface area contributed by atoms with Crippen LogP contribution in [0.15, 0.2) is 60.7 Å². The molecule has 27 heavy (non-hydrogen) atoms. The summed E-state index contributed by atoms with van der Waals surface area (Å²) in [6.07, 6.45) is 0.0817. The van der Waals surface area contributed by atoms with Gasteiger partial charge in [0.15, 0.2) is 6.10 Å². The average molecular weight is 361 g/mol. The first-order valence-corrected chi connectivity index (χ1v) is 9.51. The molecule has 0 saturated heterocycles. The summed E-state index contributed by atoms with van der Waals surface area (Å²) in [5, 5.41) is 5.24. The molecular formula is C24H27NO2. The van der Waals surface area contributed by atoms with Crippen molar-refractivity contribution in [3.63, 3.8) is 0 Å². The minimum Gasteiger partial charge on any atom is -0.480 e. The van der Waals surface area contributed by atoms with Crippen LogP contribution < -0.4 is 10.1 Å². The highest BCUT2D eigenvalue weighted by Gasteiger charge is 2.22. The fourth-order valence-electron chi connectivity index (χ4n) is 3.47. The van der Waals surface area contributed by atoms with Crippen LogP contribution in [0.2, 0.25) is 0 Å². The average Bonchev–Trinajstić information content (AvgIpc) is 2.65. The normalized spacial score (nSPS) is 13.2. The lowest BCUT2D eigenvalue weighted by molar-refractivity contribution is -0.128. The van der Waals surface area contributed by atoms with Gasteiger partial charge in [-0.2, -0.15) is 0 Å². The molecule has 3 nitrogen and oxygen atoms in total. The van der Waals surface area contributed by atoms with E-state index in [9.17, 15) is 4.79 Å². The Labute approximate surface area is 161 Å². The van der Waals surface area contributed by atoms with Gasteiger partial charge in [0.25, 0.3) is 5.91 Å². The van der Waals surface area contributed by atoms with E-state index in [4.69, 9.17) is 4.74 Å². The first-order chi connectivity index (χ1) is 13.0. The third-order valence-electron chi connectivity index (χ3n) is 4.93. The summed E-state index contributed by atoms with van der Waals surface area (Å²) in [5.74, 6) is 0.659. The minimum absolute atomic E-state index is 0.0664. The van der Waals surface area contributed by atoms with E-state index in [0.717, 1.165) is 22.1 Å². The topological polar surface area (TPSA) is 38.3 Å². The van der Waals surface area contributed by atoms with E-state index in [1.165, 1.54) is 11.1 Å². The number of hydrogen-bond donors (Lipinski definition) is 1. The highest BCUT2D eigenvalue weighted by molar-refractivity contribution is 5.89. The van der Waals surface area contributed by atoms with Crippen LogP contribution in [-0.4, -0.2) is 12.0 Å². The van der Waals surface area contributed by atoms with Gasteiger partial charge in [-0.25, -0.2) is 0 Å². The summed E-state index contributed by atoms with van der Waals surface area (Å²) >= 11 is 0. The number of rotatable bonds is 6. The summed E-state index contributed by atoms with van der Waals surface area (Å²) < 4.78 is 6.11. The van der Waals surface area contributed by atoms with Gasteiger partial charge in [-0.15, -0.1) is 0 Å². The van der Waals surface area contributed by atoms with Gasteiger partial charge in [0.05, 0.1) is 6.04 Å². The van der Waals surface area contributed by atoms with Gasteiger partial charge in [0, 0.05) is 5.39 Å². The van der Waals surface area contributed by atoms with Crippen molar-refractivity contribution in [1.29, 1.82) is 0 Å². The number of benzene rings is 3. The lowest BCUT2D eigenvalue weighted by Gasteiger charge is -2.22. The van der Waals surface area contributed by atoms with Crippen molar-refractivity contribution >= 4 is 16.7 Å². The molecule has 0 aliphatic rings. The third kappa shape index (κ3) is 4.30. The number of carbonyl (C=O) groups is 1. The van der Waals surface area contributed by atoms with E-state index in [1.807, 2.05) is 56.3 Å². The SMILES string of the molecule is CC[C@H](Oc1cccc2ccccc12)C(=O)N[C@@H](C)c1ccc(C)cc1C. The monoisotopic (exact) mass is 361 g/mol. The van der Waals surface area contributed by atoms with Gasteiger partial charge in [-0.05, 0) is 49.8 Å². The maximum absolute atomic E-state index is 12.8. The zero-order valence-electron chi connectivity index (χ0n) is 16.5. The van der Waals surface area contributed by atoms with Crippen LogP contribution >= 0.6 is 0 Å². The Balaban J connectivity index is 1.76. The molecule has 0 unspecified atom stereocenters. The summed E-state index contributed by atoms with van der Waals surface area (Å²) in [5.41, 5.74) is 3.54. The zero-order chi connectivity index (χ0) is 19.4. The van der Waals surface area contributed by atoms with Crippen LogP contribution in [0.5, 0.6) is 5.75 Å². The second-order valence-corrected chi connectivity index (χ2v) is 7.08. The molecule has 3 heteroatoms. The van der Waals surface area contributed by atoms with Gasteiger partial charge >= 0.3 is 0 Å². The Bertz CT molecular complexity index is 943. The van der Waals surface area contributed by atoms with E-state index in [1.54, 1.807) is 0 Å². The second kappa shape index (κ2) is 8.26. The summed E-state index contributed by atoms with van der Waals surface area (Å²) in [6, 6.07) is 20.2. The van der Waals surface area contributed by atoms with Crippen molar-refractivity contribution in [2.75, 3.05) is 0 Å². The van der Waals surface area contributed by atoms with Crippen LogP contribution in [0, 0.1) is 13.8 Å². The van der Waals surface area contributed by atoms with E-state index in [0.29, 0.717) is 6.42 Å². The van der Waals surface area contributed by atoms with Crippen molar-refractivity contribution in [1.82, 2.24) is 5.32 Å². The Morgan fingerprint density at radius 1 is 1.04 bits per heavy atom. The van der Waals surface area contributed by atoms with Crippen molar-refractivity contribution < 1.29 is 9.53 Å². The van der Waals surface area contributed by atoms with Crippen molar-refractivity contribution in [3.8, 4) is 5.75 Å². The number of aryl methyl sites for hydroxylation is 2. The van der Waals surface area contributed by atoms with Gasteiger partial charge in [0.1, 0.15) is 5.75 Å². The molecule has 0 radical (unpaired) electrons. The van der Waals surface area contributed by atoms with Crippen LogP contribution in [0.25, 0.3) is 10.8 Å². The lowest BCUT2D eigenvalue weighted by atomic mass is 10.00. The van der Waals surface area contributed by atoms with Gasteiger partial charge in [-0.1, -0.05) is 67.1 Å². The Hall–Kier alpha value is -2.81. The lowest BCUT2D eigenvalue weighted by Crippen LogP contribution is -2.39. The Kier molecular flexibility index (Phi) is 5.80. The number of amides is 1. The molecule has 0 spiro atoms. The number of nitrogens with one attached hydrogen (secondary N) is 1. The molecule has 0 aliphatic heterocycles. The first kappa shape index (κ1) is 19.0. The molecule has 0 bridgehead atoms. The molecular weight excluding hydrogens is 334 g/mol.